The van der Waals surface area contributed by atoms with Gasteiger partial charge in [-0.1, -0.05) is 0 Å². The van der Waals surface area contributed by atoms with Crippen LogP contribution in [0.1, 0.15) is 48.9 Å². The number of carbonyl (C=O) groups is 2. The highest BCUT2D eigenvalue weighted by Crippen LogP contribution is 2.41. The van der Waals surface area contributed by atoms with Crippen LogP contribution in [0.3, 0.4) is 0 Å². The molecule has 1 aromatic heterocycles. The smallest absolute Gasteiger partial charge is 0.388 e. The van der Waals surface area contributed by atoms with Crippen LogP contribution in [-0.2, 0) is 4.79 Å². The minimum atomic E-state index is -4.32. The van der Waals surface area contributed by atoms with Gasteiger partial charge in [0.2, 0.25) is 5.91 Å². The van der Waals surface area contributed by atoms with E-state index in [1.54, 1.807) is 16.8 Å². The van der Waals surface area contributed by atoms with Crippen molar-refractivity contribution in [1.82, 2.24) is 10.6 Å². The van der Waals surface area contributed by atoms with E-state index in [4.69, 9.17) is 0 Å². The van der Waals surface area contributed by atoms with Gasteiger partial charge in [-0.05, 0) is 43.6 Å². The Balaban J connectivity index is 1.65. The quantitative estimate of drug-likeness (QED) is 0.625. The minimum Gasteiger partial charge on any atom is -0.388 e. The molecule has 1 fully saturated rings. The van der Waals surface area contributed by atoms with Crippen molar-refractivity contribution < 1.29 is 27.9 Å². The van der Waals surface area contributed by atoms with Crippen LogP contribution in [-0.4, -0.2) is 41.8 Å². The summed E-state index contributed by atoms with van der Waals surface area (Å²) in [4.78, 5) is 23.5. The SMILES string of the molecule is O=C(CCCNC(=O)c1ccsc1)NC[C@@]1(O)CCC[C@H](C(F)(F)F)C1. The Morgan fingerprint density at radius 1 is 1.35 bits per heavy atom. The van der Waals surface area contributed by atoms with Crippen molar-refractivity contribution in [3.05, 3.63) is 22.4 Å². The van der Waals surface area contributed by atoms with Crippen molar-refractivity contribution >= 4 is 23.2 Å². The summed E-state index contributed by atoms with van der Waals surface area (Å²) in [5.74, 6) is -2.08. The molecule has 2 rings (SSSR count). The Morgan fingerprint density at radius 2 is 2.12 bits per heavy atom. The summed E-state index contributed by atoms with van der Waals surface area (Å²) in [5, 5.41) is 19.1. The highest BCUT2D eigenvalue weighted by atomic mass is 32.1. The van der Waals surface area contributed by atoms with Crippen LogP contribution in [0.5, 0.6) is 0 Å². The number of alkyl halides is 3. The molecule has 1 aliphatic carbocycles. The molecular weight excluding hydrogens is 369 g/mol. The van der Waals surface area contributed by atoms with Crippen molar-refractivity contribution in [3.8, 4) is 0 Å². The Hall–Kier alpha value is -1.61. The maximum absolute atomic E-state index is 12.8. The maximum atomic E-state index is 12.8. The Labute approximate surface area is 154 Å². The fourth-order valence-corrected chi connectivity index (χ4v) is 3.71. The van der Waals surface area contributed by atoms with E-state index in [9.17, 15) is 27.9 Å². The second-order valence-electron chi connectivity index (χ2n) is 6.71. The Morgan fingerprint density at radius 3 is 2.77 bits per heavy atom. The lowest BCUT2D eigenvalue weighted by molar-refractivity contribution is -0.199. The normalized spacial score (nSPS) is 23.5. The Kier molecular flexibility index (Phi) is 7.05. The molecular formula is C17H23F3N2O3S. The number of carbonyl (C=O) groups excluding carboxylic acids is 2. The highest BCUT2D eigenvalue weighted by Gasteiger charge is 2.46. The van der Waals surface area contributed by atoms with Crippen LogP contribution >= 0.6 is 11.3 Å². The first-order valence-electron chi connectivity index (χ1n) is 8.56. The van der Waals surface area contributed by atoms with E-state index < -0.39 is 17.7 Å². The predicted octanol–water partition coefficient (Wildman–Crippen LogP) is 2.86. The number of nitrogens with one attached hydrogen (secondary N) is 2. The van der Waals surface area contributed by atoms with Gasteiger partial charge in [0.25, 0.3) is 5.91 Å². The average molecular weight is 392 g/mol. The van der Waals surface area contributed by atoms with Gasteiger partial charge in [0.1, 0.15) is 0 Å². The van der Waals surface area contributed by atoms with E-state index in [-0.39, 0.29) is 50.5 Å². The number of halogens is 3. The molecule has 0 aliphatic heterocycles. The third-order valence-electron chi connectivity index (χ3n) is 4.55. The monoisotopic (exact) mass is 392 g/mol. The highest BCUT2D eigenvalue weighted by molar-refractivity contribution is 7.08. The predicted molar refractivity (Wildman–Crippen MR) is 91.9 cm³/mol. The average Bonchev–Trinajstić information content (AvgIpc) is 3.11. The molecule has 2 atom stereocenters. The summed E-state index contributed by atoms with van der Waals surface area (Å²) in [5.41, 5.74) is -0.945. The third-order valence-corrected chi connectivity index (χ3v) is 5.23. The lowest BCUT2D eigenvalue weighted by Crippen LogP contribution is -2.48. The van der Waals surface area contributed by atoms with E-state index in [0.29, 0.717) is 18.5 Å². The lowest BCUT2D eigenvalue weighted by atomic mass is 9.77. The summed E-state index contributed by atoms with van der Waals surface area (Å²) >= 11 is 1.41. The number of hydrogen-bond donors (Lipinski definition) is 3. The van der Waals surface area contributed by atoms with Gasteiger partial charge in [0.15, 0.2) is 0 Å². The fourth-order valence-electron chi connectivity index (χ4n) is 3.08. The number of rotatable bonds is 7. The molecule has 2 amide bonds. The van der Waals surface area contributed by atoms with Crippen LogP contribution in [0.15, 0.2) is 16.8 Å². The third kappa shape index (κ3) is 6.28. The van der Waals surface area contributed by atoms with E-state index in [1.165, 1.54) is 11.3 Å². The summed E-state index contributed by atoms with van der Waals surface area (Å²) in [6, 6.07) is 1.70. The largest absolute Gasteiger partial charge is 0.391 e. The first-order valence-corrected chi connectivity index (χ1v) is 9.50. The number of amides is 2. The summed E-state index contributed by atoms with van der Waals surface area (Å²) < 4.78 is 38.5. The van der Waals surface area contributed by atoms with E-state index in [0.717, 1.165) is 0 Å². The maximum Gasteiger partial charge on any atom is 0.391 e. The van der Waals surface area contributed by atoms with Gasteiger partial charge in [-0.25, -0.2) is 0 Å². The molecule has 0 saturated heterocycles. The van der Waals surface area contributed by atoms with Crippen molar-refractivity contribution in [1.29, 1.82) is 0 Å². The number of thiophene rings is 1. The van der Waals surface area contributed by atoms with Gasteiger partial charge in [-0.3, -0.25) is 9.59 Å². The second-order valence-corrected chi connectivity index (χ2v) is 7.49. The standard InChI is InChI=1S/C17H23F3N2O3S/c18-17(19,20)13-3-1-6-16(25,9-13)11-22-14(23)4-2-7-21-15(24)12-5-8-26-10-12/h5,8,10,13,25H,1-4,6-7,9,11H2,(H,21,24)(H,22,23)/t13-,16+/m0/s1. The molecule has 1 aliphatic rings. The Bertz CT molecular complexity index is 607. The second kappa shape index (κ2) is 8.85. The topological polar surface area (TPSA) is 78.4 Å². The summed E-state index contributed by atoms with van der Waals surface area (Å²) in [6.07, 6.45) is -3.62. The van der Waals surface area contributed by atoms with Crippen molar-refractivity contribution in [2.45, 2.75) is 50.3 Å². The lowest BCUT2D eigenvalue weighted by Gasteiger charge is -2.37. The van der Waals surface area contributed by atoms with Crippen LogP contribution in [0, 0.1) is 5.92 Å². The van der Waals surface area contributed by atoms with E-state index >= 15 is 0 Å². The zero-order valence-corrected chi connectivity index (χ0v) is 15.1. The van der Waals surface area contributed by atoms with Crippen molar-refractivity contribution in [2.24, 2.45) is 5.92 Å². The fraction of sp³-hybridized carbons (Fsp3) is 0.647. The molecule has 146 valence electrons. The van der Waals surface area contributed by atoms with Crippen molar-refractivity contribution in [3.63, 3.8) is 0 Å². The molecule has 1 saturated carbocycles. The van der Waals surface area contributed by atoms with Gasteiger partial charge < -0.3 is 15.7 Å². The van der Waals surface area contributed by atoms with Gasteiger partial charge in [-0.15, -0.1) is 0 Å². The molecule has 3 N–H and O–H groups in total. The van der Waals surface area contributed by atoms with E-state index in [1.807, 2.05) is 0 Å². The van der Waals surface area contributed by atoms with Gasteiger partial charge in [0, 0.05) is 30.5 Å². The first kappa shape index (κ1) is 20.7. The summed E-state index contributed by atoms with van der Waals surface area (Å²) in [6.45, 7) is 0.141. The molecule has 1 aromatic rings. The van der Waals surface area contributed by atoms with Crippen LogP contribution in [0.4, 0.5) is 13.2 Å². The van der Waals surface area contributed by atoms with Gasteiger partial charge >= 0.3 is 6.18 Å². The molecule has 26 heavy (non-hydrogen) atoms. The number of hydrogen-bond acceptors (Lipinski definition) is 4. The van der Waals surface area contributed by atoms with Crippen molar-refractivity contribution in [2.75, 3.05) is 13.1 Å². The van der Waals surface area contributed by atoms with Crippen LogP contribution in [0.25, 0.3) is 0 Å². The zero-order chi connectivity index (χ0) is 19.2. The molecule has 9 heteroatoms. The first-order chi connectivity index (χ1) is 12.2. The van der Waals surface area contributed by atoms with Crippen LogP contribution in [0.2, 0.25) is 0 Å². The zero-order valence-electron chi connectivity index (χ0n) is 14.3. The van der Waals surface area contributed by atoms with Gasteiger partial charge in [0.05, 0.1) is 11.5 Å². The summed E-state index contributed by atoms with van der Waals surface area (Å²) in [7, 11) is 0. The molecule has 0 unspecified atom stereocenters. The molecule has 0 radical (unpaired) electrons. The molecule has 1 heterocycles. The van der Waals surface area contributed by atoms with Gasteiger partial charge in [-0.2, -0.15) is 24.5 Å². The van der Waals surface area contributed by atoms with Crippen LogP contribution < -0.4 is 10.6 Å². The minimum absolute atomic E-state index is 0.0174. The van der Waals surface area contributed by atoms with E-state index in [2.05, 4.69) is 10.6 Å². The molecule has 0 bridgehead atoms. The molecule has 0 aromatic carbocycles. The molecule has 0 spiro atoms. The molecule has 5 nitrogen and oxygen atoms in total. The number of aliphatic hydroxyl groups is 1.